The fourth-order valence-corrected chi connectivity index (χ4v) is 7.67. The van der Waals surface area contributed by atoms with Crippen LogP contribution in [0.4, 0.5) is 0 Å². The highest BCUT2D eigenvalue weighted by Crippen LogP contribution is 2.15. The van der Waals surface area contributed by atoms with Crippen molar-refractivity contribution < 1.29 is 28.6 Å². The summed E-state index contributed by atoms with van der Waals surface area (Å²) in [7, 11) is 0. The van der Waals surface area contributed by atoms with Gasteiger partial charge >= 0.3 is 17.9 Å². The lowest BCUT2D eigenvalue weighted by atomic mass is 10.0. The van der Waals surface area contributed by atoms with Gasteiger partial charge in [0.2, 0.25) is 0 Å². The van der Waals surface area contributed by atoms with Gasteiger partial charge in [-0.25, -0.2) is 0 Å². The number of unbranched alkanes of at least 4 members (excludes halogenated alkanes) is 33. The Hall–Kier alpha value is -2.11. The van der Waals surface area contributed by atoms with Gasteiger partial charge in [0.1, 0.15) is 13.2 Å². The minimum absolute atomic E-state index is 0.0746. The predicted molar refractivity (Wildman–Crippen MR) is 256 cm³/mol. The Bertz CT molecular complexity index is 917. The molecule has 0 atom stereocenters. The van der Waals surface area contributed by atoms with E-state index in [0.717, 1.165) is 70.6 Å². The second-order valence-corrected chi connectivity index (χ2v) is 17.8. The van der Waals surface area contributed by atoms with Crippen LogP contribution < -0.4 is 0 Å². The molecule has 0 heterocycles. The molecule has 0 aliphatic heterocycles. The van der Waals surface area contributed by atoms with Gasteiger partial charge in [-0.15, -0.1) is 0 Å². The molecule has 0 spiro atoms. The lowest BCUT2D eigenvalue weighted by Gasteiger charge is -2.18. The summed E-state index contributed by atoms with van der Waals surface area (Å²) in [6.45, 7) is 6.64. The van der Waals surface area contributed by atoms with Crippen molar-refractivity contribution in [2.45, 2.75) is 290 Å². The second-order valence-electron chi connectivity index (χ2n) is 17.8. The smallest absolute Gasteiger partial charge is 0.306 e. The molecule has 0 aromatic rings. The van der Waals surface area contributed by atoms with Crippen LogP contribution in [-0.4, -0.2) is 37.2 Å². The van der Waals surface area contributed by atoms with E-state index in [4.69, 9.17) is 14.2 Å². The Labute approximate surface area is 373 Å². The molecule has 0 saturated carbocycles. The van der Waals surface area contributed by atoms with Gasteiger partial charge in [0.15, 0.2) is 6.10 Å². The summed E-state index contributed by atoms with van der Waals surface area (Å²) < 4.78 is 16.8. The maximum atomic E-state index is 12.8. The summed E-state index contributed by atoms with van der Waals surface area (Å²) in [6, 6.07) is 0. The molecule has 0 N–H and O–H groups in total. The maximum absolute atomic E-state index is 12.8. The zero-order valence-electron chi connectivity index (χ0n) is 40.2. The van der Waals surface area contributed by atoms with E-state index >= 15 is 0 Å². The molecule has 0 aliphatic rings. The van der Waals surface area contributed by atoms with E-state index in [9.17, 15) is 14.4 Å². The maximum Gasteiger partial charge on any atom is 0.306 e. The number of allylic oxidation sites excluding steroid dienone is 4. The standard InChI is InChI=1S/C54H100O6/c1-4-7-10-13-16-19-22-25-27-29-32-34-37-40-43-46-52(55)58-49-51(60-54(57)48-45-42-39-36-31-24-21-18-15-12-9-6-3)50-59-53(56)47-44-41-38-35-33-30-28-26-23-20-17-14-11-8-5-2/h25-28,51H,4-24,29-50H2,1-3H3/b27-25-,28-26-. The van der Waals surface area contributed by atoms with Crippen LogP contribution in [-0.2, 0) is 28.6 Å². The van der Waals surface area contributed by atoms with E-state index in [2.05, 4.69) is 45.1 Å². The van der Waals surface area contributed by atoms with Crippen molar-refractivity contribution >= 4 is 17.9 Å². The van der Waals surface area contributed by atoms with E-state index in [1.54, 1.807) is 0 Å². The molecule has 0 fully saturated rings. The molecule has 6 nitrogen and oxygen atoms in total. The summed E-state index contributed by atoms with van der Waals surface area (Å²) in [5, 5.41) is 0. The Morgan fingerprint density at radius 1 is 0.317 bits per heavy atom. The predicted octanol–water partition coefficient (Wildman–Crippen LogP) is 17.2. The number of esters is 3. The van der Waals surface area contributed by atoms with Crippen molar-refractivity contribution in [3.05, 3.63) is 24.3 Å². The highest BCUT2D eigenvalue weighted by Gasteiger charge is 2.19. The van der Waals surface area contributed by atoms with E-state index in [1.807, 2.05) is 0 Å². The second kappa shape index (κ2) is 49.5. The van der Waals surface area contributed by atoms with Gasteiger partial charge in [-0.2, -0.15) is 0 Å². The molecule has 60 heavy (non-hydrogen) atoms. The monoisotopic (exact) mass is 845 g/mol. The molecule has 0 radical (unpaired) electrons. The SMILES string of the molecule is CCCCCCCC/C=C\CCCCCCCC(=O)OCC(COC(=O)CCCCCCC/C=C\CCCCCCCC)OC(=O)CCCCCCCCCCCCCC. The average molecular weight is 845 g/mol. The third-order valence-corrected chi connectivity index (χ3v) is 11.7. The minimum atomic E-state index is -0.772. The van der Waals surface area contributed by atoms with E-state index in [1.165, 1.54) is 173 Å². The fourth-order valence-electron chi connectivity index (χ4n) is 7.67. The van der Waals surface area contributed by atoms with Gasteiger partial charge in [0.05, 0.1) is 0 Å². The molecule has 0 amide bonds. The summed E-state index contributed by atoms with van der Waals surface area (Å²) in [6.07, 6.45) is 55.8. The zero-order chi connectivity index (χ0) is 43.7. The Balaban J connectivity index is 4.35. The lowest BCUT2D eigenvalue weighted by molar-refractivity contribution is -0.167. The average Bonchev–Trinajstić information content (AvgIpc) is 3.24. The first-order valence-corrected chi connectivity index (χ1v) is 26.3. The minimum Gasteiger partial charge on any atom is -0.462 e. The van der Waals surface area contributed by atoms with Crippen LogP contribution in [0.25, 0.3) is 0 Å². The molecule has 0 aliphatic carbocycles. The van der Waals surface area contributed by atoms with E-state index in [-0.39, 0.29) is 31.1 Å². The first-order valence-electron chi connectivity index (χ1n) is 26.3. The van der Waals surface area contributed by atoms with Gasteiger partial charge in [0.25, 0.3) is 0 Å². The highest BCUT2D eigenvalue weighted by molar-refractivity contribution is 5.71. The highest BCUT2D eigenvalue weighted by atomic mass is 16.6. The van der Waals surface area contributed by atoms with Crippen molar-refractivity contribution in [3.8, 4) is 0 Å². The molecule has 0 bridgehead atoms. The van der Waals surface area contributed by atoms with Gasteiger partial charge < -0.3 is 14.2 Å². The molecule has 352 valence electrons. The number of ether oxygens (including phenoxy) is 3. The van der Waals surface area contributed by atoms with E-state index in [0.29, 0.717) is 19.3 Å². The number of hydrogen-bond donors (Lipinski definition) is 0. The molecule has 6 heteroatoms. The Morgan fingerprint density at radius 3 is 0.833 bits per heavy atom. The van der Waals surface area contributed by atoms with Gasteiger partial charge in [-0.3, -0.25) is 14.4 Å². The van der Waals surface area contributed by atoms with Gasteiger partial charge in [0, 0.05) is 19.3 Å². The molecule has 0 aromatic heterocycles. The van der Waals surface area contributed by atoms with Crippen LogP contribution in [0.3, 0.4) is 0 Å². The molecule has 0 rings (SSSR count). The molecule has 0 unspecified atom stereocenters. The Morgan fingerprint density at radius 2 is 0.550 bits per heavy atom. The van der Waals surface area contributed by atoms with Crippen LogP contribution in [0.15, 0.2) is 24.3 Å². The van der Waals surface area contributed by atoms with Crippen LogP contribution >= 0.6 is 0 Å². The number of hydrogen-bond acceptors (Lipinski definition) is 6. The quantitative estimate of drug-likeness (QED) is 0.0263. The van der Waals surface area contributed by atoms with Crippen molar-refractivity contribution in [3.63, 3.8) is 0 Å². The largest absolute Gasteiger partial charge is 0.462 e. The third-order valence-electron chi connectivity index (χ3n) is 11.7. The van der Waals surface area contributed by atoms with Crippen LogP contribution in [0, 0.1) is 0 Å². The van der Waals surface area contributed by atoms with Crippen molar-refractivity contribution in [1.82, 2.24) is 0 Å². The summed E-state index contributed by atoms with van der Waals surface area (Å²) in [5.74, 6) is -0.878. The number of carbonyl (C=O) groups excluding carboxylic acids is 3. The normalized spacial score (nSPS) is 11.7. The van der Waals surface area contributed by atoms with Gasteiger partial charge in [-0.1, -0.05) is 218 Å². The van der Waals surface area contributed by atoms with Crippen molar-refractivity contribution in [2.24, 2.45) is 0 Å². The summed E-state index contributed by atoms with van der Waals surface area (Å²) in [5.41, 5.74) is 0. The topological polar surface area (TPSA) is 78.9 Å². The third kappa shape index (κ3) is 46.9. The molecule has 0 aromatic carbocycles. The first-order chi connectivity index (χ1) is 29.5. The summed E-state index contributed by atoms with van der Waals surface area (Å²) >= 11 is 0. The van der Waals surface area contributed by atoms with Gasteiger partial charge in [-0.05, 0) is 70.6 Å². The van der Waals surface area contributed by atoms with Crippen LogP contribution in [0.1, 0.15) is 284 Å². The zero-order valence-corrected chi connectivity index (χ0v) is 40.2. The molecule has 0 saturated heterocycles. The fraction of sp³-hybridized carbons (Fsp3) is 0.870. The van der Waals surface area contributed by atoms with Crippen molar-refractivity contribution in [2.75, 3.05) is 13.2 Å². The lowest BCUT2D eigenvalue weighted by Crippen LogP contribution is -2.30. The van der Waals surface area contributed by atoms with Crippen LogP contribution in [0.2, 0.25) is 0 Å². The van der Waals surface area contributed by atoms with E-state index < -0.39 is 6.10 Å². The van der Waals surface area contributed by atoms with Crippen LogP contribution in [0.5, 0.6) is 0 Å². The number of rotatable bonds is 48. The Kier molecular flexibility index (Phi) is 47.8. The summed E-state index contributed by atoms with van der Waals surface area (Å²) in [4.78, 5) is 37.9. The number of carbonyl (C=O) groups is 3. The molecular formula is C54H100O6. The molecular weight excluding hydrogens is 745 g/mol. The van der Waals surface area contributed by atoms with Crippen molar-refractivity contribution in [1.29, 1.82) is 0 Å². The first kappa shape index (κ1) is 57.9.